The zero-order valence-electron chi connectivity index (χ0n) is 55.0. The minimum Gasteiger partial charge on any atom is -0.479 e. The molecule has 0 aliphatic carbocycles. The van der Waals surface area contributed by atoms with Crippen LogP contribution in [0, 0.1) is 11.3 Å². The predicted octanol–water partition coefficient (Wildman–Crippen LogP) is 2.37. The van der Waals surface area contributed by atoms with Crippen molar-refractivity contribution in [3.05, 3.63) is 70.8 Å². The van der Waals surface area contributed by atoms with Crippen LogP contribution in [0.25, 0.3) is 0 Å². The number of benzene rings is 2. The molecule has 29 nitrogen and oxygen atoms in total. The highest BCUT2D eigenvalue weighted by Gasteiger charge is 2.48. The van der Waals surface area contributed by atoms with E-state index in [0.717, 1.165) is 5.71 Å². The number of carbonyl (C=O) groups excluding carboxylic acids is 7. The number of aliphatic hydroxyl groups excluding tert-OH is 3. The number of likely N-dealkylation sites (N-methyl/N-ethyl adjacent to an activating group) is 2. The maximum atomic E-state index is 14.3. The Balaban J connectivity index is 1.79. The first kappa shape index (κ1) is 78.4. The number of hydrogen-bond donors (Lipinski definition) is 12. The molecule has 1 fully saturated rings. The van der Waals surface area contributed by atoms with Crippen LogP contribution in [0.1, 0.15) is 124 Å². The Labute approximate surface area is 537 Å². The number of carbonyl (C=O) groups is 9. The Kier molecular flexibility index (Phi) is 32.6. The summed E-state index contributed by atoms with van der Waals surface area (Å²) in [5, 5.41) is 74.0. The number of methoxy groups -OCH3 is 1. The number of amides is 7. The van der Waals surface area contributed by atoms with Gasteiger partial charge in [0.15, 0.2) is 6.10 Å². The van der Waals surface area contributed by atoms with Crippen molar-refractivity contribution in [3.63, 3.8) is 0 Å². The lowest BCUT2D eigenvalue weighted by molar-refractivity contribution is -0.271. The molecule has 1 aliphatic heterocycles. The monoisotopic (exact) mass is 1300 g/mol. The Morgan fingerprint density at radius 1 is 0.761 bits per heavy atom. The fourth-order valence-corrected chi connectivity index (χ4v) is 9.54. The van der Waals surface area contributed by atoms with E-state index in [-0.39, 0.29) is 87.2 Å². The van der Waals surface area contributed by atoms with Gasteiger partial charge < -0.3 is 90.9 Å². The van der Waals surface area contributed by atoms with Crippen molar-refractivity contribution in [1.82, 2.24) is 36.8 Å². The smallest absolute Gasteiger partial charge is 0.411 e. The lowest BCUT2D eigenvalue weighted by Crippen LogP contribution is -2.61. The number of rotatable bonds is 38. The van der Waals surface area contributed by atoms with Gasteiger partial charge in [-0.3, -0.25) is 34.1 Å². The highest BCUT2D eigenvalue weighted by Crippen LogP contribution is 2.32. The Morgan fingerprint density at radius 3 is 2.09 bits per heavy atom. The summed E-state index contributed by atoms with van der Waals surface area (Å²) in [6, 6.07) is 7.18. The van der Waals surface area contributed by atoms with E-state index in [9.17, 15) is 68.7 Å². The van der Waals surface area contributed by atoms with Gasteiger partial charge in [0.1, 0.15) is 49.4 Å². The topological polar surface area (TPSA) is 410 Å². The van der Waals surface area contributed by atoms with Gasteiger partial charge in [-0.25, -0.2) is 14.4 Å². The molecule has 0 bridgehead atoms. The van der Waals surface area contributed by atoms with Crippen molar-refractivity contribution in [2.75, 3.05) is 66.0 Å². The molecule has 9 atom stereocenters. The zero-order valence-corrected chi connectivity index (χ0v) is 55.0. The van der Waals surface area contributed by atoms with Crippen LogP contribution in [-0.4, -0.2) is 205 Å². The van der Waals surface area contributed by atoms with E-state index in [0.29, 0.717) is 43.6 Å². The minimum atomic E-state index is -2.02. The van der Waals surface area contributed by atoms with Crippen LogP contribution in [0.2, 0.25) is 0 Å². The van der Waals surface area contributed by atoms with Crippen molar-refractivity contribution in [2.24, 2.45) is 16.5 Å². The van der Waals surface area contributed by atoms with Gasteiger partial charge in [0, 0.05) is 75.3 Å². The number of unbranched alkanes of at least 4 members (excludes halogenated alkanes) is 2. The summed E-state index contributed by atoms with van der Waals surface area (Å²) in [6.07, 6.45) is -7.70. The molecule has 1 saturated heterocycles. The minimum absolute atomic E-state index is 0.0279. The van der Waals surface area contributed by atoms with Crippen LogP contribution in [0.3, 0.4) is 0 Å². The number of aliphatic hydroxyl groups is 3. The summed E-state index contributed by atoms with van der Waals surface area (Å²) >= 11 is 0. The highest BCUT2D eigenvalue weighted by molar-refractivity contribution is 5.92. The van der Waals surface area contributed by atoms with E-state index < -0.39 is 119 Å². The number of carboxylic acid groups (broad SMARTS) is 2. The molecule has 2 aromatic carbocycles. The van der Waals surface area contributed by atoms with Gasteiger partial charge in [0.2, 0.25) is 41.7 Å². The molecule has 9 unspecified atom stereocenters. The van der Waals surface area contributed by atoms with Crippen molar-refractivity contribution in [3.8, 4) is 5.75 Å². The second kappa shape index (κ2) is 38.3. The van der Waals surface area contributed by atoms with Crippen molar-refractivity contribution < 1.29 is 97.2 Å². The molecule has 0 aromatic heterocycles. The molecule has 29 heteroatoms. The number of hydrogen-bond acceptors (Lipinski definition) is 20. The van der Waals surface area contributed by atoms with Crippen molar-refractivity contribution >= 4 is 64.9 Å². The van der Waals surface area contributed by atoms with Gasteiger partial charge in [-0.1, -0.05) is 77.9 Å². The molecule has 514 valence electrons. The maximum Gasteiger partial charge on any atom is 0.411 e. The van der Waals surface area contributed by atoms with Gasteiger partial charge in [0.05, 0.1) is 37.6 Å². The van der Waals surface area contributed by atoms with Crippen LogP contribution in [-0.2, 0) is 80.7 Å². The SMILES string of the molecule is CNC(C(=O)NC(C(=O)N(C)C(/C=C(\C)C(=O)O)C(C)C)C(C)(C)C)C(C)(C)c1cccc(NC(=O)OCc2ccc(OC3OC(C(=O)O)C(O)C(O)C3O)c(CNC(=O)CCNC(=O)C(CNC(=O)CCOCCOC)NC(=O)CCCCCON=C(C)C)c2)c1. The number of carboxylic acids is 2. The Hall–Kier alpha value is -7.80. The summed E-state index contributed by atoms with van der Waals surface area (Å²) in [7, 11) is 4.68. The fraction of sp³-hybridized carbons (Fsp3) is 0.619. The first-order valence-corrected chi connectivity index (χ1v) is 30.4. The largest absolute Gasteiger partial charge is 0.479 e. The number of oxime groups is 1. The second-order valence-electron chi connectivity index (χ2n) is 24.4. The summed E-state index contributed by atoms with van der Waals surface area (Å²) in [5.41, 5.74) is 0.454. The number of nitrogens with one attached hydrogen (secondary N) is 7. The van der Waals surface area contributed by atoms with Crippen LogP contribution in [0.4, 0.5) is 10.5 Å². The number of nitrogens with zero attached hydrogens (tertiary/aromatic N) is 2. The third-order valence-corrected chi connectivity index (χ3v) is 14.9. The molecule has 3 rings (SSSR count). The highest BCUT2D eigenvalue weighted by atomic mass is 16.7. The average Bonchev–Trinajstić information content (AvgIpc) is 0.811. The second-order valence-corrected chi connectivity index (χ2v) is 24.4. The van der Waals surface area contributed by atoms with E-state index >= 15 is 0 Å². The molecule has 7 amide bonds. The Bertz CT molecular complexity index is 2860. The van der Waals surface area contributed by atoms with E-state index in [2.05, 4.69) is 42.4 Å². The van der Waals surface area contributed by atoms with Crippen LogP contribution in [0.5, 0.6) is 5.75 Å². The number of ether oxygens (including phenoxy) is 5. The van der Waals surface area contributed by atoms with Crippen molar-refractivity contribution in [2.45, 2.75) is 181 Å². The summed E-state index contributed by atoms with van der Waals surface area (Å²) in [5.74, 6) is -6.15. The quantitative estimate of drug-likeness (QED) is 0.0199. The Morgan fingerprint density at radius 2 is 1.46 bits per heavy atom. The predicted molar refractivity (Wildman–Crippen MR) is 337 cm³/mol. The average molecular weight is 1300 g/mol. The summed E-state index contributed by atoms with van der Waals surface area (Å²) < 4.78 is 27.1. The summed E-state index contributed by atoms with van der Waals surface area (Å²) in [4.78, 5) is 125. The van der Waals surface area contributed by atoms with Crippen LogP contribution < -0.4 is 42.0 Å². The molecular weight excluding hydrogens is 1200 g/mol. The summed E-state index contributed by atoms with van der Waals surface area (Å²) in [6.45, 7) is 17.7. The molecule has 0 spiro atoms. The molecule has 1 aliphatic rings. The number of aliphatic carboxylic acids is 2. The molecular formula is C63H97N9O20. The lowest BCUT2D eigenvalue weighted by atomic mass is 9.76. The zero-order chi connectivity index (χ0) is 69.0. The molecule has 1 heterocycles. The molecule has 92 heavy (non-hydrogen) atoms. The van der Waals surface area contributed by atoms with Crippen LogP contribution >= 0.6 is 0 Å². The van der Waals surface area contributed by atoms with Gasteiger partial charge in [-0.15, -0.1) is 0 Å². The first-order chi connectivity index (χ1) is 43.2. The first-order valence-electron chi connectivity index (χ1n) is 30.4. The molecule has 2 aromatic rings. The maximum absolute atomic E-state index is 14.3. The number of anilines is 1. The van der Waals surface area contributed by atoms with E-state index in [1.165, 1.54) is 43.2 Å². The fourth-order valence-electron chi connectivity index (χ4n) is 9.54. The molecule has 0 saturated carbocycles. The van der Waals surface area contributed by atoms with E-state index in [1.807, 2.05) is 48.5 Å². The third kappa shape index (κ3) is 25.7. The van der Waals surface area contributed by atoms with Gasteiger partial charge in [0.25, 0.3) is 0 Å². The van der Waals surface area contributed by atoms with Gasteiger partial charge >= 0.3 is 18.0 Å². The molecule has 12 N–H and O–H groups in total. The van der Waals surface area contributed by atoms with E-state index in [1.54, 1.807) is 52.2 Å². The van der Waals surface area contributed by atoms with E-state index in [4.69, 9.17) is 28.5 Å². The normalized spacial score (nSPS) is 18.0. The van der Waals surface area contributed by atoms with Crippen molar-refractivity contribution in [1.29, 1.82) is 0 Å². The van der Waals surface area contributed by atoms with Gasteiger partial charge in [-0.05, 0) is 93.8 Å². The van der Waals surface area contributed by atoms with Crippen LogP contribution in [0.15, 0.2) is 59.3 Å². The standard InChI is InChI=1S/C63H97N9O20/c1-36(2)44(30-38(5)58(82)83)72(12)57(81)54(62(6,7)8)70-56(80)53(64-11)63(9,10)41-18-17-19-42(32-41)68-61(86)89-35-39-21-22-45(91-60-51(78)49(76)50(77)52(92-60)59(84)85)40(31-39)33-66-46(73)23-25-65-55(79)43(34-67-47(74)24-27-88-29-28-87-13)69-48(75)20-15-14-16-26-90-71-37(3)4/h17-19,21-22,30-32,36,43-44,49-54,60,64,76-78H,14-16,20,23-29,33-35H2,1-13H3,(H,65,79)(H,66,73)(H,67,74)(H,68,86)(H,69,75)(H,70,80)(H,82,83)(H,84,85)/b38-30+. The lowest BCUT2D eigenvalue weighted by Gasteiger charge is -2.40. The molecule has 0 radical (unpaired) electrons. The third-order valence-electron chi connectivity index (χ3n) is 14.9. The van der Waals surface area contributed by atoms with Gasteiger partial charge in [-0.2, -0.15) is 0 Å².